The van der Waals surface area contributed by atoms with Crippen LogP contribution in [0, 0.1) is 6.07 Å². The van der Waals surface area contributed by atoms with Gasteiger partial charge in [0, 0.05) is 5.02 Å². The van der Waals surface area contributed by atoms with Crippen molar-refractivity contribution in [2.24, 2.45) is 0 Å². The second-order valence-electron chi connectivity index (χ2n) is 1.32. The van der Waals surface area contributed by atoms with E-state index in [-0.39, 0.29) is 16.0 Å². The largest absolute Gasteiger partial charge is 0.560 e. The zero-order valence-electron chi connectivity index (χ0n) is 5.15. The van der Waals surface area contributed by atoms with Crippen molar-refractivity contribution in [2.75, 3.05) is 0 Å². The van der Waals surface area contributed by atoms with Crippen LogP contribution in [0.4, 0.5) is 0 Å². The van der Waals surface area contributed by atoms with Crippen molar-refractivity contribution >= 4 is 53.4 Å². The molecule has 1 aromatic rings. The van der Waals surface area contributed by atoms with Crippen LogP contribution in [-0.4, -0.2) is 16.0 Å². The number of halogens is 3. The summed E-state index contributed by atoms with van der Waals surface area (Å²) in [6.07, 6.45) is 0. The SMILES string of the molecule is Clc1c[c]ccc1.[Br][Mg][Br]. The maximum atomic E-state index is 5.51. The molecule has 0 aromatic heterocycles. The van der Waals surface area contributed by atoms with Gasteiger partial charge in [-0.1, -0.05) is 23.7 Å². The van der Waals surface area contributed by atoms with Crippen LogP contribution >= 0.6 is 37.4 Å². The molecule has 0 aliphatic carbocycles. The van der Waals surface area contributed by atoms with Crippen LogP contribution in [0.15, 0.2) is 24.3 Å². The highest BCUT2D eigenvalue weighted by Crippen LogP contribution is 2.02. The molecule has 4 heteroatoms. The van der Waals surface area contributed by atoms with Crippen molar-refractivity contribution < 1.29 is 0 Å². The highest BCUT2D eigenvalue weighted by Gasteiger charge is 1.75. The van der Waals surface area contributed by atoms with Crippen molar-refractivity contribution in [3.63, 3.8) is 0 Å². The van der Waals surface area contributed by atoms with Gasteiger partial charge in [-0.2, -0.15) is 0 Å². The molecule has 0 atom stereocenters. The zero-order valence-corrected chi connectivity index (χ0v) is 10.5. The Balaban J connectivity index is 0.000000236. The van der Waals surface area contributed by atoms with Crippen molar-refractivity contribution in [3.05, 3.63) is 35.4 Å². The molecule has 0 nitrogen and oxygen atoms in total. The first-order valence-electron chi connectivity index (χ1n) is 2.54. The first-order valence-corrected chi connectivity index (χ1v) is 10.7. The molecule has 0 aliphatic heterocycles. The lowest BCUT2D eigenvalue weighted by molar-refractivity contribution is 1.69. The summed E-state index contributed by atoms with van der Waals surface area (Å²) in [5, 5.41) is 0.738. The quantitative estimate of drug-likeness (QED) is 0.643. The van der Waals surface area contributed by atoms with Crippen molar-refractivity contribution in [3.8, 4) is 0 Å². The average Bonchev–Trinajstić information content (AvgIpc) is 1.91. The maximum absolute atomic E-state index is 5.51. The Morgan fingerprint density at radius 2 is 2.10 bits per heavy atom. The Bertz CT molecular complexity index is 157. The van der Waals surface area contributed by atoms with Crippen LogP contribution in [0.1, 0.15) is 0 Å². The molecule has 0 amide bonds. The molecule has 51 valence electrons. The lowest BCUT2D eigenvalue weighted by Crippen LogP contribution is -1.56. The molecule has 0 bridgehead atoms. The fourth-order valence-electron chi connectivity index (χ4n) is 0.371. The van der Waals surface area contributed by atoms with Gasteiger partial charge in [-0.05, 0) is 18.2 Å². The summed E-state index contributed by atoms with van der Waals surface area (Å²) in [7, 11) is 0. The Labute approximate surface area is 87.8 Å². The van der Waals surface area contributed by atoms with Crippen molar-refractivity contribution in [1.29, 1.82) is 0 Å². The minimum Gasteiger partial charge on any atom is -0.280 e. The average molecular weight is 296 g/mol. The van der Waals surface area contributed by atoms with Crippen LogP contribution in [0.2, 0.25) is 5.02 Å². The molecular formula is C6H4Br2ClMg. The molecule has 0 N–H and O–H groups in total. The van der Waals surface area contributed by atoms with E-state index in [4.69, 9.17) is 11.6 Å². The molecule has 1 aromatic carbocycles. The fourth-order valence-corrected chi connectivity index (χ4v) is 0.507. The molecule has 0 saturated heterocycles. The first kappa shape index (κ1) is 11.2. The Morgan fingerprint density at radius 3 is 2.30 bits per heavy atom. The Kier molecular flexibility index (Phi) is 9.36. The molecule has 0 aliphatic rings. The first-order chi connectivity index (χ1) is 4.81. The maximum Gasteiger partial charge on any atom is 0.560 e. The standard InChI is InChI=1S/C6H4Cl.2BrH.Mg/c7-6-4-2-1-3-5-6;;;/h1-2,4-5H;2*1H;/q;;;+2/p-2. The van der Waals surface area contributed by atoms with Gasteiger partial charge in [-0.25, -0.2) is 0 Å². The summed E-state index contributed by atoms with van der Waals surface area (Å²) in [6.45, 7) is 0. The van der Waals surface area contributed by atoms with Gasteiger partial charge in [0.05, 0.1) is 0 Å². The predicted octanol–water partition coefficient (Wildman–Crippen LogP) is 3.45. The van der Waals surface area contributed by atoms with Crippen LogP contribution in [0.3, 0.4) is 0 Å². The molecule has 0 unspecified atom stereocenters. The van der Waals surface area contributed by atoms with E-state index >= 15 is 0 Å². The van der Waals surface area contributed by atoms with E-state index in [1.54, 1.807) is 6.07 Å². The Morgan fingerprint density at radius 1 is 1.50 bits per heavy atom. The van der Waals surface area contributed by atoms with E-state index in [0.29, 0.717) is 0 Å². The summed E-state index contributed by atoms with van der Waals surface area (Å²) in [5.74, 6) is 0. The highest BCUT2D eigenvalue weighted by molar-refractivity contribution is 9.47. The fraction of sp³-hybridized carbons (Fsp3) is 0. The van der Waals surface area contributed by atoms with Gasteiger partial charge < -0.3 is 0 Å². The lowest BCUT2D eigenvalue weighted by Gasteiger charge is -1.79. The second kappa shape index (κ2) is 8.33. The topological polar surface area (TPSA) is 0 Å². The van der Waals surface area contributed by atoms with Crippen LogP contribution in [0.25, 0.3) is 0 Å². The van der Waals surface area contributed by atoms with E-state index in [1.807, 2.05) is 18.2 Å². The third-order valence-corrected chi connectivity index (χ3v) is 0.904. The van der Waals surface area contributed by atoms with Crippen molar-refractivity contribution in [1.82, 2.24) is 0 Å². The second-order valence-corrected chi connectivity index (χ2v) is 9.84. The van der Waals surface area contributed by atoms with Gasteiger partial charge in [-0.15, -0.1) is 0 Å². The summed E-state index contributed by atoms with van der Waals surface area (Å²) in [6, 6.07) is 10.0. The number of rotatable bonds is 0. The molecule has 10 heavy (non-hydrogen) atoms. The Hall–Kier alpha value is 1.24. The molecule has 0 heterocycles. The van der Waals surface area contributed by atoms with E-state index in [9.17, 15) is 0 Å². The third-order valence-electron chi connectivity index (χ3n) is 0.669. The summed E-state index contributed by atoms with van der Waals surface area (Å²) >= 11 is 12.0. The van der Waals surface area contributed by atoms with E-state index in [0.717, 1.165) is 5.02 Å². The smallest absolute Gasteiger partial charge is 0.280 e. The molecular weight excluding hydrogens is 292 g/mol. The lowest BCUT2D eigenvalue weighted by atomic mass is 10.4. The van der Waals surface area contributed by atoms with E-state index < -0.39 is 0 Å². The number of hydrogen-bond acceptors (Lipinski definition) is 0. The predicted molar refractivity (Wildman–Crippen MR) is 53.9 cm³/mol. The summed E-state index contributed by atoms with van der Waals surface area (Å²) < 4.78 is 0. The van der Waals surface area contributed by atoms with Crippen LogP contribution < -0.4 is 0 Å². The summed E-state index contributed by atoms with van der Waals surface area (Å²) in [4.78, 5) is 0. The van der Waals surface area contributed by atoms with Gasteiger partial charge >= 0.3 is 16.0 Å². The number of benzene rings is 1. The van der Waals surface area contributed by atoms with Crippen LogP contribution in [0.5, 0.6) is 0 Å². The highest BCUT2D eigenvalue weighted by atomic mass is 79.9. The molecule has 1 rings (SSSR count). The molecule has 0 fully saturated rings. The zero-order chi connectivity index (χ0) is 7.82. The molecule has 0 spiro atoms. The molecule has 1 radical (unpaired) electrons. The monoisotopic (exact) mass is 293 g/mol. The van der Waals surface area contributed by atoms with Gasteiger partial charge in [0.15, 0.2) is 0 Å². The van der Waals surface area contributed by atoms with Gasteiger partial charge in [0.1, 0.15) is 0 Å². The number of hydrogen-bond donors (Lipinski definition) is 0. The molecule has 0 saturated carbocycles. The van der Waals surface area contributed by atoms with Crippen LogP contribution in [-0.2, 0) is 0 Å². The minimum atomic E-state index is 0.0417. The van der Waals surface area contributed by atoms with Gasteiger partial charge in [0.2, 0.25) is 0 Å². The van der Waals surface area contributed by atoms with Gasteiger partial charge in [0.25, 0.3) is 0 Å². The minimum absolute atomic E-state index is 0.0417. The summed E-state index contributed by atoms with van der Waals surface area (Å²) in [5.41, 5.74) is 0. The van der Waals surface area contributed by atoms with E-state index in [2.05, 4.69) is 31.8 Å². The van der Waals surface area contributed by atoms with Gasteiger partial charge in [-0.3, -0.25) is 25.8 Å². The van der Waals surface area contributed by atoms with Crippen molar-refractivity contribution in [2.45, 2.75) is 0 Å². The third kappa shape index (κ3) is 7.34. The normalized spacial score (nSPS) is 7.10. The van der Waals surface area contributed by atoms with E-state index in [1.165, 1.54) is 0 Å².